The Balaban J connectivity index is 1.73. The highest BCUT2D eigenvalue weighted by atomic mass is 16.4. The fourth-order valence-electron chi connectivity index (χ4n) is 3.70. The summed E-state index contributed by atoms with van der Waals surface area (Å²) in [7, 11) is 1.90. The normalized spacial score (nSPS) is 11.0. The van der Waals surface area contributed by atoms with E-state index in [1.165, 1.54) is 23.0 Å². The summed E-state index contributed by atoms with van der Waals surface area (Å²) >= 11 is 0. The maximum atomic E-state index is 12.3. The zero-order valence-corrected chi connectivity index (χ0v) is 18.8. The Hall–Kier alpha value is -4.16. The van der Waals surface area contributed by atoms with Crippen molar-refractivity contribution < 1.29 is 4.42 Å². The summed E-state index contributed by atoms with van der Waals surface area (Å²) in [6.45, 7) is 6.46. The Kier molecular flexibility index (Phi) is 6.11. The van der Waals surface area contributed by atoms with E-state index in [9.17, 15) is 10.1 Å². The first-order valence-corrected chi connectivity index (χ1v) is 10.5. The molecule has 9 heteroatoms. The van der Waals surface area contributed by atoms with E-state index in [-0.39, 0.29) is 23.2 Å². The fraction of sp³-hybridized carbons (Fsp3) is 0.250. The van der Waals surface area contributed by atoms with Crippen LogP contribution < -0.4 is 10.9 Å². The number of aromatic nitrogens is 5. The summed E-state index contributed by atoms with van der Waals surface area (Å²) in [6.07, 6.45) is 3.06. The number of rotatable bonds is 6. The Morgan fingerprint density at radius 3 is 2.52 bits per heavy atom. The first kappa shape index (κ1) is 22.0. The van der Waals surface area contributed by atoms with Crippen LogP contribution in [0.15, 0.2) is 51.9 Å². The average Bonchev–Trinajstić information content (AvgIpc) is 3.29. The second kappa shape index (κ2) is 9.14. The third kappa shape index (κ3) is 4.29. The molecule has 0 unspecified atom stereocenters. The molecule has 1 N–H and O–H groups in total. The van der Waals surface area contributed by atoms with E-state index in [0.717, 1.165) is 23.2 Å². The predicted molar refractivity (Wildman–Crippen MR) is 123 cm³/mol. The Bertz CT molecular complexity index is 1410. The summed E-state index contributed by atoms with van der Waals surface area (Å²) in [5, 5.41) is 21.2. The van der Waals surface area contributed by atoms with Gasteiger partial charge in [-0.15, -0.1) is 10.2 Å². The molecule has 0 fully saturated rings. The molecule has 1 aromatic carbocycles. The van der Waals surface area contributed by atoms with Crippen LogP contribution in [0.4, 0.5) is 0 Å². The molecule has 0 atom stereocenters. The molecule has 9 nitrogen and oxygen atoms in total. The summed E-state index contributed by atoms with van der Waals surface area (Å²) < 4.78 is 7.34. The van der Waals surface area contributed by atoms with Gasteiger partial charge in [0.2, 0.25) is 5.89 Å². The summed E-state index contributed by atoms with van der Waals surface area (Å²) in [6, 6.07) is 11.0. The number of benzene rings is 1. The second-order valence-corrected chi connectivity index (χ2v) is 7.89. The van der Waals surface area contributed by atoms with Crippen LogP contribution in [0.3, 0.4) is 0 Å². The van der Waals surface area contributed by atoms with Gasteiger partial charge in [-0.05, 0) is 51.1 Å². The van der Waals surface area contributed by atoms with Gasteiger partial charge in [0.05, 0.1) is 18.1 Å². The molecule has 0 saturated heterocycles. The molecule has 0 spiro atoms. The van der Waals surface area contributed by atoms with Crippen molar-refractivity contribution in [2.75, 3.05) is 7.05 Å². The van der Waals surface area contributed by atoms with E-state index < -0.39 is 0 Å². The maximum Gasteiger partial charge on any atom is 0.268 e. The van der Waals surface area contributed by atoms with E-state index in [1.807, 2.05) is 40.0 Å². The number of nitrogens with one attached hydrogen (secondary N) is 1. The highest BCUT2D eigenvalue weighted by molar-refractivity contribution is 5.67. The first-order valence-electron chi connectivity index (χ1n) is 10.5. The van der Waals surface area contributed by atoms with Crippen LogP contribution in [0.1, 0.15) is 36.7 Å². The van der Waals surface area contributed by atoms with E-state index in [0.29, 0.717) is 22.8 Å². The van der Waals surface area contributed by atoms with Crippen LogP contribution in [0, 0.1) is 18.3 Å². The zero-order valence-electron chi connectivity index (χ0n) is 18.8. The molecular weight excluding hydrogens is 418 g/mol. The van der Waals surface area contributed by atoms with Crippen LogP contribution in [0.2, 0.25) is 0 Å². The topological polar surface area (TPSA) is 123 Å². The van der Waals surface area contributed by atoms with Crippen molar-refractivity contribution in [2.45, 2.75) is 33.4 Å². The quantitative estimate of drug-likeness (QED) is 0.482. The molecule has 3 aromatic heterocycles. The van der Waals surface area contributed by atoms with E-state index in [4.69, 9.17) is 4.42 Å². The first-order chi connectivity index (χ1) is 15.9. The molecule has 0 aliphatic rings. The van der Waals surface area contributed by atoms with Crippen LogP contribution in [0.5, 0.6) is 0 Å². The van der Waals surface area contributed by atoms with Crippen molar-refractivity contribution in [1.82, 2.24) is 30.0 Å². The molecule has 4 rings (SSSR count). The molecule has 0 bridgehead atoms. The minimum absolute atomic E-state index is 0.176. The van der Waals surface area contributed by atoms with E-state index in [1.54, 1.807) is 6.07 Å². The van der Waals surface area contributed by atoms with Crippen LogP contribution in [0.25, 0.3) is 34.3 Å². The van der Waals surface area contributed by atoms with Gasteiger partial charge < -0.3 is 9.73 Å². The lowest BCUT2D eigenvalue weighted by molar-refractivity contribution is 0.572. The SMILES string of the molecule is CNCc1ccc(-c2nnc(-c3cncc(-c4ccc(=O)n(C(C)C)c4C#N)n3)o2)c(C)c1. The van der Waals surface area contributed by atoms with Gasteiger partial charge in [-0.1, -0.05) is 12.1 Å². The minimum Gasteiger partial charge on any atom is -0.415 e. The van der Waals surface area contributed by atoms with Gasteiger partial charge in [0.15, 0.2) is 0 Å². The lowest BCUT2D eigenvalue weighted by Crippen LogP contribution is -2.24. The third-order valence-corrected chi connectivity index (χ3v) is 5.21. The number of nitrogens with zero attached hydrogens (tertiary/aromatic N) is 6. The Morgan fingerprint density at radius 2 is 1.82 bits per heavy atom. The fourth-order valence-corrected chi connectivity index (χ4v) is 3.70. The van der Waals surface area contributed by atoms with Crippen LogP contribution >= 0.6 is 0 Å². The van der Waals surface area contributed by atoms with Gasteiger partial charge in [0.1, 0.15) is 17.5 Å². The van der Waals surface area contributed by atoms with Gasteiger partial charge in [-0.2, -0.15) is 5.26 Å². The molecule has 0 aliphatic heterocycles. The zero-order chi connectivity index (χ0) is 23.5. The molecular formula is C24H23N7O2. The molecule has 166 valence electrons. The van der Waals surface area contributed by atoms with Crippen molar-refractivity contribution >= 4 is 0 Å². The number of hydrogen-bond acceptors (Lipinski definition) is 8. The smallest absolute Gasteiger partial charge is 0.268 e. The lowest BCUT2D eigenvalue weighted by Gasteiger charge is -2.14. The largest absolute Gasteiger partial charge is 0.415 e. The Labute approximate surface area is 190 Å². The standard InChI is InChI=1S/C24H23N7O2/c1-14(2)31-21(10-25)18(7-8-22(31)32)19-12-27-13-20(28-19)24-30-29-23(33-24)17-6-5-16(11-26-4)9-15(17)3/h5-9,12-14,26H,11H2,1-4H3. The summed E-state index contributed by atoms with van der Waals surface area (Å²) in [5.41, 5.74) is 4.33. The van der Waals surface area contributed by atoms with Crippen LogP contribution in [-0.2, 0) is 6.54 Å². The average molecular weight is 441 g/mol. The number of aryl methyl sites for hydroxylation is 1. The van der Waals surface area contributed by atoms with Crippen molar-refractivity contribution in [3.63, 3.8) is 0 Å². The maximum absolute atomic E-state index is 12.3. The van der Waals surface area contributed by atoms with E-state index in [2.05, 4.69) is 37.6 Å². The molecule has 0 amide bonds. The number of nitriles is 1. The molecule has 0 aliphatic carbocycles. The summed E-state index contributed by atoms with van der Waals surface area (Å²) in [4.78, 5) is 21.1. The second-order valence-electron chi connectivity index (χ2n) is 7.89. The lowest BCUT2D eigenvalue weighted by atomic mass is 10.1. The third-order valence-electron chi connectivity index (χ3n) is 5.21. The predicted octanol–water partition coefficient (Wildman–Crippen LogP) is 3.50. The van der Waals surface area contributed by atoms with Gasteiger partial charge in [0.25, 0.3) is 11.4 Å². The van der Waals surface area contributed by atoms with Gasteiger partial charge >= 0.3 is 0 Å². The molecule has 4 aromatic rings. The van der Waals surface area contributed by atoms with Crippen LogP contribution in [-0.4, -0.2) is 31.8 Å². The monoisotopic (exact) mass is 441 g/mol. The van der Waals surface area contributed by atoms with Gasteiger partial charge in [-0.25, -0.2) is 4.98 Å². The highest BCUT2D eigenvalue weighted by Crippen LogP contribution is 2.28. The summed E-state index contributed by atoms with van der Waals surface area (Å²) in [5.74, 6) is 0.602. The van der Waals surface area contributed by atoms with Gasteiger partial charge in [-0.3, -0.25) is 14.3 Å². The van der Waals surface area contributed by atoms with Crippen molar-refractivity contribution in [3.05, 3.63) is 69.9 Å². The number of pyridine rings is 1. The molecule has 33 heavy (non-hydrogen) atoms. The molecule has 0 saturated carbocycles. The molecule has 0 radical (unpaired) electrons. The minimum atomic E-state index is -0.243. The van der Waals surface area contributed by atoms with Gasteiger partial charge in [0, 0.05) is 29.8 Å². The van der Waals surface area contributed by atoms with E-state index >= 15 is 0 Å². The van der Waals surface area contributed by atoms with Crippen molar-refractivity contribution in [2.24, 2.45) is 0 Å². The number of hydrogen-bond donors (Lipinski definition) is 1. The highest BCUT2D eigenvalue weighted by Gasteiger charge is 2.18. The Morgan fingerprint density at radius 1 is 1.09 bits per heavy atom. The molecule has 3 heterocycles. The van der Waals surface area contributed by atoms with Crippen molar-refractivity contribution in [1.29, 1.82) is 5.26 Å². The van der Waals surface area contributed by atoms with Crippen molar-refractivity contribution in [3.8, 4) is 40.4 Å².